The maximum Gasteiger partial charge on any atom is 0.277 e. The first-order valence-corrected chi connectivity index (χ1v) is 10.4. The van der Waals surface area contributed by atoms with Gasteiger partial charge in [-0.15, -0.1) is 10.2 Å². The molecule has 32 heavy (non-hydrogen) atoms. The summed E-state index contributed by atoms with van der Waals surface area (Å²) in [5.74, 6) is 1.33. The molecule has 1 N–H and O–H groups in total. The fraction of sp³-hybridized carbons (Fsp3) is 0.0455. The Hall–Kier alpha value is -4.18. The van der Waals surface area contributed by atoms with E-state index in [9.17, 15) is 14.9 Å². The van der Waals surface area contributed by atoms with Gasteiger partial charge in [0.15, 0.2) is 0 Å². The summed E-state index contributed by atoms with van der Waals surface area (Å²) in [6, 6.07) is 22.3. The van der Waals surface area contributed by atoms with Crippen LogP contribution < -0.4 is 10.1 Å². The number of hydrogen-bond donors (Lipinski definition) is 1. The van der Waals surface area contributed by atoms with Crippen LogP contribution in [0.15, 0.2) is 88.5 Å². The van der Waals surface area contributed by atoms with E-state index in [-0.39, 0.29) is 28.5 Å². The summed E-state index contributed by atoms with van der Waals surface area (Å²) in [5.41, 5.74) is 0.981. The number of non-ortho nitro benzene ring substituents is 1. The van der Waals surface area contributed by atoms with Gasteiger partial charge in [0.25, 0.3) is 10.9 Å². The highest BCUT2D eigenvalue weighted by Gasteiger charge is 2.14. The number of amides is 1. The van der Waals surface area contributed by atoms with Crippen LogP contribution in [0.25, 0.3) is 11.5 Å². The molecule has 0 unspecified atom stereocenters. The molecule has 0 aliphatic heterocycles. The summed E-state index contributed by atoms with van der Waals surface area (Å²) < 4.78 is 11.2. The summed E-state index contributed by atoms with van der Waals surface area (Å²) >= 11 is 1.07. The average Bonchev–Trinajstić information content (AvgIpc) is 3.29. The van der Waals surface area contributed by atoms with Crippen LogP contribution in [0.3, 0.4) is 0 Å². The fourth-order valence-electron chi connectivity index (χ4n) is 2.69. The number of carbonyl (C=O) groups excluding carboxylic acids is 1. The minimum Gasteiger partial charge on any atom is -0.457 e. The number of thioether (sulfide) groups is 1. The van der Waals surface area contributed by atoms with Gasteiger partial charge < -0.3 is 14.5 Å². The van der Waals surface area contributed by atoms with Crippen molar-refractivity contribution in [1.82, 2.24) is 10.2 Å². The average molecular weight is 448 g/mol. The zero-order valence-electron chi connectivity index (χ0n) is 16.5. The summed E-state index contributed by atoms with van der Waals surface area (Å²) in [7, 11) is 0. The van der Waals surface area contributed by atoms with Crippen LogP contribution >= 0.6 is 11.8 Å². The SMILES string of the molecule is O=C(CSc1nnc(-c2cccc([N+](=O)[O-])c2)o1)Nc1ccc(Oc2ccccc2)cc1. The topological polar surface area (TPSA) is 120 Å². The van der Waals surface area contributed by atoms with Crippen LogP contribution in [0.5, 0.6) is 11.5 Å². The van der Waals surface area contributed by atoms with Crippen molar-refractivity contribution in [3.63, 3.8) is 0 Å². The van der Waals surface area contributed by atoms with Gasteiger partial charge in [0, 0.05) is 23.4 Å². The Morgan fingerprint density at radius 2 is 1.75 bits per heavy atom. The van der Waals surface area contributed by atoms with Gasteiger partial charge in [-0.3, -0.25) is 14.9 Å². The van der Waals surface area contributed by atoms with Gasteiger partial charge in [0.2, 0.25) is 11.8 Å². The third-order valence-electron chi connectivity index (χ3n) is 4.15. The van der Waals surface area contributed by atoms with E-state index >= 15 is 0 Å². The van der Waals surface area contributed by atoms with E-state index in [1.807, 2.05) is 30.3 Å². The molecule has 160 valence electrons. The molecule has 1 amide bonds. The van der Waals surface area contributed by atoms with Crippen molar-refractivity contribution in [2.75, 3.05) is 11.1 Å². The largest absolute Gasteiger partial charge is 0.457 e. The first kappa shape index (κ1) is 21.1. The number of hydrogen-bond acceptors (Lipinski definition) is 8. The lowest BCUT2D eigenvalue weighted by atomic mass is 10.2. The van der Waals surface area contributed by atoms with Crippen LogP contribution in [0.4, 0.5) is 11.4 Å². The molecule has 9 nitrogen and oxygen atoms in total. The van der Waals surface area contributed by atoms with Crippen LogP contribution in [0.2, 0.25) is 0 Å². The Balaban J connectivity index is 1.30. The number of nitro benzene ring substituents is 1. The number of benzene rings is 3. The van der Waals surface area contributed by atoms with Gasteiger partial charge >= 0.3 is 0 Å². The number of aromatic nitrogens is 2. The van der Waals surface area contributed by atoms with E-state index in [1.54, 1.807) is 30.3 Å². The predicted octanol–water partition coefficient (Wildman–Crippen LogP) is 5.17. The zero-order chi connectivity index (χ0) is 22.3. The smallest absolute Gasteiger partial charge is 0.277 e. The van der Waals surface area contributed by atoms with Crippen LogP contribution in [0.1, 0.15) is 0 Å². The Morgan fingerprint density at radius 3 is 2.50 bits per heavy atom. The normalized spacial score (nSPS) is 10.5. The zero-order valence-corrected chi connectivity index (χ0v) is 17.3. The molecule has 4 aromatic rings. The molecule has 1 heterocycles. The minimum atomic E-state index is -0.500. The van der Waals surface area contributed by atoms with Gasteiger partial charge in [-0.1, -0.05) is 36.0 Å². The van der Waals surface area contributed by atoms with Gasteiger partial charge in [-0.05, 0) is 42.5 Å². The molecule has 0 fully saturated rings. The molecule has 4 rings (SSSR count). The van der Waals surface area contributed by atoms with Gasteiger partial charge in [-0.2, -0.15) is 0 Å². The number of para-hydroxylation sites is 1. The molecule has 0 saturated heterocycles. The standard InChI is InChI=1S/C22H16N4O5S/c27-20(23-16-9-11-19(12-10-16)30-18-7-2-1-3-8-18)14-32-22-25-24-21(31-22)15-5-4-6-17(13-15)26(28)29/h1-13H,14H2,(H,23,27). The maximum atomic E-state index is 12.2. The number of nitrogens with zero attached hydrogens (tertiary/aromatic N) is 3. The summed E-state index contributed by atoms with van der Waals surface area (Å²) in [5, 5.41) is 21.6. The van der Waals surface area contributed by atoms with Crippen molar-refractivity contribution in [1.29, 1.82) is 0 Å². The fourth-order valence-corrected chi connectivity index (χ4v) is 3.26. The minimum absolute atomic E-state index is 0.0544. The lowest BCUT2D eigenvalue weighted by Gasteiger charge is -2.07. The van der Waals surface area contributed by atoms with Crippen LogP contribution in [-0.2, 0) is 4.79 Å². The second kappa shape index (κ2) is 9.75. The lowest BCUT2D eigenvalue weighted by molar-refractivity contribution is -0.384. The van der Waals surface area contributed by atoms with E-state index < -0.39 is 4.92 Å². The van der Waals surface area contributed by atoms with E-state index in [0.29, 0.717) is 17.0 Å². The molecule has 0 atom stereocenters. The Morgan fingerprint density at radius 1 is 1.00 bits per heavy atom. The highest BCUT2D eigenvalue weighted by atomic mass is 32.2. The number of ether oxygens (including phenoxy) is 1. The molecule has 3 aromatic carbocycles. The molecule has 0 bridgehead atoms. The van der Waals surface area contributed by atoms with Crippen molar-refractivity contribution < 1.29 is 18.9 Å². The van der Waals surface area contributed by atoms with Crippen molar-refractivity contribution in [2.45, 2.75) is 5.22 Å². The third kappa shape index (κ3) is 5.49. The van der Waals surface area contributed by atoms with Gasteiger partial charge in [0.1, 0.15) is 11.5 Å². The monoisotopic (exact) mass is 448 g/mol. The van der Waals surface area contributed by atoms with Crippen molar-refractivity contribution in [3.05, 3.63) is 89.0 Å². The van der Waals surface area contributed by atoms with Crippen molar-refractivity contribution in [3.8, 4) is 23.0 Å². The van der Waals surface area contributed by atoms with Crippen molar-refractivity contribution in [2.24, 2.45) is 0 Å². The molecular formula is C22H16N4O5S. The van der Waals surface area contributed by atoms with Crippen LogP contribution in [0, 0.1) is 10.1 Å². The van der Waals surface area contributed by atoms with E-state index in [2.05, 4.69) is 15.5 Å². The lowest BCUT2D eigenvalue weighted by Crippen LogP contribution is -2.13. The number of nitro groups is 1. The van der Waals surface area contributed by atoms with E-state index in [4.69, 9.17) is 9.15 Å². The molecule has 1 aromatic heterocycles. The first-order chi connectivity index (χ1) is 15.6. The second-order valence-electron chi connectivity index (χ2n) is 6.46. The molecular weight excluding hydrogens is 432 g/mol. The highest BCUT2D eigenvalue weighted by Crippen LogP contribution is 2.26. The summed E-state index contributed by atoms with van der Waals surface area (Å²) in [6.07, 6.45) is 0. The molecule has 0 spiro atoms. The Kier molecular flexibility index (Phi) is 6.42. The van der Waals surface area contributed by atoms with E-state index in [1.165, 1.54) is 18.2 Å². The summed E-state index contributed by atoms with van der Waals surface area (Å²) in [4.78, 5) is 22.6. The Labute approximate surface area is 186 Å². The number of rotatable bonds is 8. The number of nitrogens with one attached hydrogen (secondary N) is 1. The highest BCUT2D eigenvalue weighted by molar-refractivity contribution is 7.99. The van der Waals surface area contributed by atoms with Crippen LogP contribution in [-0.4, -0.2) is 26.8 Å². The molecule has 0 aliphatic rings. The summed E-state index contributed by atoms with van der Waals surface area (Å²) in [6.45, 7) is 0. The maximum absolute atomic E-state index is 12.2. The number of anilines is 1. The Bertz CT molecular complexity index is 1230. The molecule has 10 heteroatoms. The predicted molar refractivity (Wildman–Crippen MR) is 119 cm³/mol. The molecule has 0 aliphatic carbocycles. The molecule has 0 saturated carbocycles. The second-order valence-corrected chi connectivity index (χ2v) is 7.38. The number of carbonyl (C=O) groups is 1. The first-order valence-electron chi connectivity index (χ1n) is 9.41. The molecule has 0 radical (unpaired) electrons. The van der Waals surface area contributed by atoms with Crippen molar-refractivity contribution >= 4 is 29.0 Å². The van der Waals surface area contributed by atoms with E-state index in [0.717, 1.165) is 17.5 Å². The quantitative estimate of drug-likeness (QED) is 0.223. The van der Waals surface area contributed by atoms with Gasteiger partial charge in [-0.25, -0.2) is 0 Å². The van der Waals surface area contributed by atoms with Gasteiger partial charge in [0.05, 0.1) is 10.7 Å². The third-order valence-corrected chi connectivity index (χ3v) is 4.97.